The van der Waals surface area contributed by atoms with Crippen molar-refractivity contribution in [2.24, 2.45) is 5.11 Å². The zero-order valence-electron chi connectivity index (χ0n) is 5.60. The van der Waals surface area contributed by atoms with E-state index in [1.54, 1.807) is 0 Å². The minimum Gasteiger partial charge on any atom is -0.507 e. The van der Waals surface area contributed by atoms with Crippen molar-refractivity contribution in [3.63, 3.8) is 0 Å². The Kier molecular flexibility index (Phi) is 1.85. The van der Waals surface area contributed by atoms with Crippen molar-refractivity contribution in [3.05, 3.63) is 28.6 Å². The molecule has 1 aromatic carbocycles. The van der Waals surface area contributed by atoms with E-state index in [4.69, 9.17) is 16.4 Å². The fourth-order valence-corrected chi connectivity index (χ4v) is 0.669. The number of nitrogens with zero attached hydrogens (tertiary/aromatic N) is 3. The molecule has 1 rings (SSSR count). The molecule has 0 saturated heterocycles. The van der Waals surface area contributed by atoms with Crippen LogP contribution in [-0.4, -0.2) is 5.11 Å². The van der Waals surface area contributed by atoms with E-state index in [1.807, 2.05) is 0 Å². The second-order valence-corrected chi connectivity index (χ2v) is 1.94. The molecule has 0 aliphatic rings. The second kappa shape index (κ2) is 2.81. The Morgan fingerprint density at radius 2 is 2.27 bits per heavy atom. The van der Waals surface area contributed by atoms with Crippen LogP contribution in [0.3, 0.4) is 0 Å². The van der Waals surface area contributed by atoms with Crippen molar-refractivity contribution in [3.8, 4) is 5.75 Å². The van der Waals surface area contributed by atoms with Gasteiger partial charge in [-0.1, -0.05) is 5.11 Å². The summed E-state index contributed by atoms with van der Waals surface area (Å²) in [6.07, 6.45) is 0. The minimum absolute atomic E-state index is 0.0722. The zero-order chi connectivity index (χ0) is 8.27. The Morgan fingerprint density at radius 1 is 1.55 bits per heavy atom. The molecule has 5 heteroatoms. The summed E-state index contributed by atoms with van der Waals surface area (Å²) in [5.74, 6) is -0.0722. The molecule has 0 saturated carbocycles. The predicted molar refractivity (Wildman–Crippen MR) is 41.3 cm³/mol. The maximum absolute atomic E-state index is 9.05. The van der Waals surface area contributed by atoms with Crippen LogP contribution in [0.2, 0.25) is 0 Å². The number of hydrogen-bond acceptors (Lipinski definition) is 3. The van der Waals surface area contributed by atoms with E-state index in [0.717, 1.165) is 0 Å². The van der Waals surface area contributed by atoms with Crippen molar-refractivity contribution in [1.29, 1.82) is 0 Å². The molecule has 0 aliphatic heterocycles. The molecule has 0 amide bonds. The van der Waals surface area contributed by atoms with E-state index in [1.165, 1.54) is 18.2 Å². The first kappa shape index (κ1) is 7.24. The molecule has 0 spiro atoms. The summed E-state index contributed by atoms with van der Waals surface area (Å²) in [7, 11) is 0. The van der Waals surface area contributed by atoms with E-state index >= 15 is 0 Å². The number of aromatic hydroxyl groups is 1. The third-order valence-corrected chi connectivity index (χ3v) is 1.15. The second-order valence-electron chi connectivity index (χ2n) is 1.94. The molecule has 11 heavy (non-hydrogen) atoms. The van der Waals surface area contributed by atoms with E-state index in [-0.39, 0.29) is 11.4 Å². The molecular weight excluding hydrogens is 144 g/mol. The molecule has 0 bridgehead atoms. The highest BCUT2D eigenvalue weighted by atomic mass is 16.3. The predicted octanol–water partition coefficient (Wildman–Crippen LogP) is 1.92. The monoisotopic (exact) mass is 150 g/mol. The maximum atomic E-state index is 9.05. The first-order valence-electron chi connectivity index (χ1n) is 2.87. The van der Waals surface area contributed by atoms with E-state index in [2.05, 4.69) is 10.0 Å². The normalized spacial score (nSPS) is 8.73. The Bertz CT molecular complexity index is 316. The third kappa shape index (κ3) is 1.53. The molecular formula is C6H6N4O. The molecule has 0 atom stereocenters. The van der Waals surface area contributed by atoms with Crippen molar-refractivity contribution in [1.82, 2.24) is 0 Å². The van der Waals surface area contributed by atoms with Crippen molar-refractivity contribution < 1.29 is 5.11 Å². The lowest BCUT2D eigenvalue weighted by Crippen LogP contribution is -1.81. The van der Waals surface area contributed by atoms with Crippen LogP contribution in [0.4, 0.5) is 11.4 Å². The smallest absolute Gasteiger partial charge is 0.125 e. The summed E-state index contributed by atoms with van der Waals surface area (Å²) in [5, 5.41) is 12.3. The fraction of sp³-hybridized carbons (Fsp3) is 0. The first-order chi connectivity index (χ1) is 5.24. The van der Waals surface area contributed by atoms with Gasteiger partial charge >= 0.3 is 0 Å². The van der Waals surface area contributed by atoms with Gasteiger partial charge in [-0.05, 0) is 23.7 Å². The number of nitrogen functional groups attached to an aromatic ring is 1. The summed E-state index contributed by atoms with van der Waals surface area (Å²) in [4.78, 5) is 2.52. The number of benzene rings is 1. The number of anilines is 1. The highest BCUT2D eigenvalue weighted by Gasteiger charge is 1.96. The summed E-state index contributed by atoms with van der Waals surface area (Å²) in [6.45, 7) is 0. The highest BCUT2D eigenvalue weighted by molar-refractivity contribution is 5.59. The van der Waals surface area contributed by atoms with Gasteiger partial charge in [-0.3, -0.25) is 0 Å². The zero-order valence-corrected chi connectivity index (χ0v) is 5.60. The van der Waals surface area contributed by atoms with Crippen LogP contribution < -0.4 is 5.73 Å². The van der Waals surface area contributed by atoms with Gasteiger partial charge in [0.1, 0.15) is 5.75 Å². The molecule has 0 fully saturated rings. The van der Waals surface area contributed by atoms with Crippen LogP contribution in [0.15, 0.2) is 23.3 Å². The Hall–Kier alpha value is -1.87. The number of rotatable bonds is 1. The number of phenolic OH excluding ortho intramolecular Hbond substituents is 1. The minimum atomic E-state index is -0.0722. The Balaban J connectivity index is 3.22. The molecule has 56 valence electrons. The van der Waals surface area contributed by atoms with Gasteiger partial charge in [0.15, 0.2) is 0 Å². The van der Waals surface area contributed by atoms with E-state index in [0.29, 0.717) is 5.69 Å². The van der Waals surface area contributed by atoms with Gasteiger partial charge in [-0.2, -0.15) is 0 Å². The van der Waals surface area contributed by atoms with Crippen LogP contribution in [0.25, 0.3) is 10.4 Å². The van der Waals surface area contributed by atoms with Crippen molar-refractivity contribution in [2.75, 3.05) is 5.73 Å². The summed E-state index contributed by atoms with van der Waals surface area (Å²) in [6, 6.07) is 4.29. The van der Waals surface area contributed by atoms with Crippen molar-refractivity contribution in [2.45, 2.75) is 0 Å². The molecule has 3 N–H and O–H groups in total. The van der Waals surface area contributed by atoms with Gasteiger partial charge in [-0.25, -0.2) is 0 Å². The quantitative estimate of drug-likeness (QED) is 0.210. The number of phenols is 1. The average molecular weight is 150 g/mol. The van der Waals surface area contributed by atoms with Crippen LogP contribution in [0, 0.1) is 0 Å². The maximum Gasteiger partial charge on any atom is 0.125 e. The lowest BCUT2D eigenvalue weighted by Gasteiger charge is -1.97. The van der Waals surface area contributed by atoms with Gasteiger partial charge in [0.2, 0.25) is 0 Å². The molecule has 0 radical (unpaired) electrons. The molecule has 5 nitrogen and oxygen atoms in total. The van der Waals surface area contributed by atoms with Crippen molar-refractivity contribution >= 4 is 11.4 Å². The van der Waals surface area contributed by atoms with Gasteiger partial charge in [-0.15, -0.1) is 0 Å². The summed E-state index contributed by atoms with van der Waals surface area (Å²) >= 11 is 0. The molecule has 0 unspecified atom stereocenters. The van der Waals surface area contributed by atoms with Crippen LogP contribution in [0.5, 0.6) is 5.75 Å². The largest absolute Gasteiger partial charge is 0.507 e. The Labute approximate surface area is 62.7 Å². The molecule has 0 aliphatic carbocycles. The third-order valence-electron chi connectivity index (χ3n) is 1.15. The van der Waals surface area contributed by atoms with Crippen LogP contribution in [-0.2, 0) is 0 Å². The van der Waals surface area contributed by atoms with E-state index in [9.17, 15) is 0 Å². The standard InChI is InChI=1S/C6H6N4O/c7-4-1-2-6(11)5(3-4)9-10-8/h1-3,11H,7H2. The average Bonchev–Trinajstić information content (AvgIpc) is 1.98. The lowest BCUT2D eigenvalue weighted by molar-refractivity contribution is 0.477. The number of nitrogens with two attached hydrogens (primary N) is 1. The summed E-state index contributed by atoms with van der Waals surface area (Å²) < 4.78 is 0. The summed E-state index contributed by atoms with van der Waals surface area (Å²) in [5.41, 5.74) is 14.0. The number of hydrogen-bond donors (Lipinski definition) is 2. The number of azide groups is 1. The molecule has 1 aromatic rings. The first-order valence-corrected chi connectivity index (χ1v) is 2.87. The van der Waals surface area contributed by atoms with Crippen LogP contribution >= 0.6 is 0 Å². The molecule has 0 aromatic heterocycles. The van der Waals surface area contributed by atoms with E-state index < -0.39 is 0 Å². The van der Waals surface area contributed by atoms with Gasteiger partial charge in [0, 0.05) is 10.6 Å². The SMILES string of the molecule is [N-]=[N+]=Nc1cc(N)ccc1O. The van der Waals surface area contributed by atoms with Gasteiger partial charge in [0.25, 0.3) is 0 Å². The fourth-order valence-electron chi connectivity index (χ4n) is 0.669. The topological polar surface area (TPSA) is 95.0 Å². The van der Waals surface area contributed by atoms with Gasteiger partial charge in [0.05, 0.1) is 5.69 Å². The highest BCUT2D eigenvalue weighted by Crippen LogP contribution is 2.27. The molecule has 0 heterocycles. The lowest BCUT2D eigenvalue weighted by atomic mass is 10.3. The Morgan fingerprint density at radius 3 is 2.91 bits per heavy atom. The van der Waals surface area contributed by atoms with Gasteiger partial charge < -0.3 is 10.8 Å². The van der Waals surface area contributed by atoms with Crippen LogP contribution in [0.1, 0.15) is 0 Å².